The lowest BCUT2D eigenvalue weighted by molar-refractivity contribution is 0.187. The summed E-state index contributed by atoms with van der Waals surface area (Å²) in [4.78, 5) is 2.55. The highest BCUT2D eigenvalue weighted by molar-refractivity contribution is 7.37. The quantitative estimate of drug-likeness (QED) is 0.580. The molecule has 0 bridgehead atoms. The first-order chi connectivity index (χ1) is 5.09. The van der Waals surface area contributed by atoms with E-state index in [4.69, 9.17) is 0 Å². The largest absolute Gasteiger partial charge is 0.298 e. The van der Waals surface area contributed by atoms with Crippen LogP contribution in [0.2, 0.25) is 0 Å². The van der Waals surface area contributed by atoms with E-state index in [0.29, 0.717) is 12.1 Å². The molecular formula is C9H22NP. The second-order valence-corrected chi connectivity index (χ2v) is 4.74. The van der Waals surface area contributed by atoms with Crippen molar-refractivity contribution in [2.45, 2.75) is 39.8 Å². The van der Waals surface area contributed by atoms with Crippen molar-refractivity contribution >= 4 is 8.58 Å². The smallest absolute Gasteiger partial charge is 0.00414 e. The van der Waals surface area contributed by atoms with Crippen molar-refractivity contribution in [1.82, 2.24) is 4.90 Å². The molecule has 0 spiro atoms. The third-order valence-electron chi connectivity index (χ3n) is 1.95. The molecule has 0 N–H and O–H groups in total. The summed E-state index contributed by atoms with van der Waals surface area (Å²) in [6.45, 7) is 12.7. The third-order valence-corrected chi connectivity index (χ3v) is 2.67. The van der Waals surface area contributed by atoms with E-state index in [-0.39, 0.29) is 0 Å². The van der Waals surface area contributed by atoms with Crippen molar-refractivity contribution < 1.29 is 0 Å². The molecule has 0 amide bonds. The van der Waals surface area contributed by atoms with E-state index in [1.807, 2.05) is 0 Å². The molecule has 1 unspecified atom stereocenters. The average molecular weight is 175 g/mol. The summed E-state index contributed by atoms with van der Waals surface area (Å²) in [5, 5.41) is 0. The van der Waals surface area contributed by atoms with E-state index in [2.05, 4.69) is 39.3 Å². The van der Waals surface area contributed by atoms with Crippen molar-refractivity contribution in [1.29, 1.82) is 0 Å². The zero-order chi connectivity index (χ0) is 8.85. The Morgan fingerprint density at radius 1 is 1.09 bits per heavy atom. The second-order valence-electron chi connectivity index (χ2n) is 3.53. The number of rotatable bonds is 5. The fourth-order valence-electron chi connectivity index (χ4n) is 1.35. The molecule has 0 fully saturated rings. The standard InChI is InChI=1S/C9H22NP/c1-8(2)10(9(3)4)6-7-11-5/h8-9,11H,6-7H2,1-5H3. The van der Waals surface area contributed by atoms with Gasteiger partial charge in [-0.25, -0.2) is 0 Å². The summed E-state index contributed by atoms with van der Waals surface area (Å²) < 4.78 is 0. The highest BCUT2D eigenvalue weighted by Gasteiger charge is 2.11. The van der Waals surface area contributed by atoms with Gasteiger partial charge in [-0.15, -0.1) is 8.58 Å². The van der Waals surface area contributed by atoms with Crippen LogP contribution in [-0.4, -0.2) is 36.4 Å². The van der Waals surface area contributed by atoms with Crippen molar-refractivity contribution in [3.05, 3.63) is 0 Å². The van der Waals surface area contributed by atoms with Crippen LogP contribution < -0.4 is 0 Å². The van der Waals surface area contributed by atoms with E-state index in [1.165, 1.54) is 12.7 Å². The minimum absolute atomic E-state index is 0.700. The molecule has 0 saturated heterocycles. The Labute approximate surface area is 73.3 Å². The van der Waals surface area contributed by atoms with Gasteiger partial charge in [-0.05, 0) is 40.5 Å². The Morgan fingerprint density at radius 2 is 1.55 bits per heavy atom. The molecule has 2 heteroatoms. The fraction of sp³-hybridized carbons (Fsp3) is 1.00. The van der Waals surface area contributed by atoms with Crippen LogP contribution in [0.15, 0.2) is 0 Å². The Hall–Kier alpha value is 0.390. The first-order valence-electron chi connectivity index (χ1n) is 4.50. The van der Waals surface area contributed by atoms with Crippen LogP contribution in [0.25, 0.3) is 0 Å². The Balaban J connectivity index is 3.70. The van der Waals surface area contributed by atoms with E-state index in [1.54, 1.807) is 0 Å². The van der Waals surface area contributed by atoms with Crippen molar-refractivity contribution in [2.75, 3.05) is 19.4 Å². The molecule has 0 aliphatic rings. The Bertz CT molecular complexity index is 83.6. The Morgan fingerprint density at radius 3 is 1.82 bits per heavy atom. The van der Waals surface area contributed by atoms with Gasteiger partial charge in [0.2, 0.25) is 0 Å². The van der Waals surface area contributed by atoms with Crippen LogP contribution in [0.5, 0.6) is 0 Å². The molecule has 0 aromatic heterocycles. The van der Waals surface area contributed by atoms with Gasteiger partial charge in [0, 0.05) is 18.6 Å². The molecule has 68 valence electrons. The molecule has 0 aromatic rings. The van der Waals surface area contributed by atoms with Crippen molar-refractivity contribution in [3.8, 4) is 0 Å². The number of nitrogens with zero attached hydrogens (tertiary/aromatic N) is 1. The highest BCUT2D eigenvalue weighted by Crippen LogP contribution is 2.08. The van der Waals surface area contributed by atoms with Gasteiger partial charge in [0.25, 0.3) is 0 Å². The predicted molar refractivity (Wildman–Crippen MR) is 56.1 cm³/mol. The monoisotopic (exact) mass is 175 g/mol. The molecule has 0 aromatic carbocycles. The molecule has 0 radical (unpaired) electrons. The molecule has 0 heterocycles. The topological polar surface area (TPSA) is 3.24 Å². The second kappa shape index (κ2) is 5.97. The van der Waals surface area contributed by atoms with E-state index >= 15 is 0 Å². The summed E-state index contributed by atoms with van der Waals surface area (Å²) in [5.74, 6) is 0. The maximum atomic E-state index is 2.55. The molecular weight excluding hydrogens is 153 g/mol. The summed E-state index contributed by atoms with van der Waals surface area (Å²) >= 11 is 0. The minimum atomic E-state index is 0.700. The first kappa shape index (κ1) is 11.4. The lowest BCUT2D eigenvalue weighted by Gasteiger charge is -2.30. The summed E-state index contributed by atoms with van der Waals surface area (Å²) in [5.41, 5.74) is 0. The molecule has 0 aliphatic heterocycles. The molecule has 1 nitrogen and oxygen atoms in total. The normalized spacial score (nSPS) is 13.1. The van der Waals surface area contributed by atoms with Crippen molar-refractivity contribution in [3.63, 3.8) is 0 Å². The summed E-state index contributed by atoms with van der Waals surface area (Å²) in [6, 6.07) is 1.40. The minimum Gasteiger partial charge on any atom is -0.298 e. The van der Waals surface area contributed by atoms with Gasteiger partial charge >= 0.3 is 0 Å². The third kappa shape index (κ3) is 4.76. The Kier molecular flexibility index (Phi) is 6.18. The fourth-order valence-corrected chi connectivity index (χ4v) is 1.84. The first-order valence-corrected chi connectivity index (χ1v) is 6.20. The molecule has 0 saturated carbocycles. The van der Waals surface area contributed by atoms with Gasteiger partial charge in [-0.1, -0.05) is 0 Å². The van der Waals surface area contributed by atoms with Gasteiger partial charge in [0.1, 0.15) is 0 Å². The van der Waals surface area contributed by atoms with Crippen LogP contribution in [0, 0.1) is 0 Å². The predicted octanol–water partition coefficient (Wildman–Crippen LogP) is 2.41. The average Bonchev–Trinajstić information content (AvgIpc) is 1.87. The zero-order valence-corrected chi connectivity index (χ0v) is 9.52. The van der Waals surface area contributed by atoms with Crippen molar-refractivity contribution in [2.24, 2.45) is 0 Å². The van der Waals surface area contributed by atoms with Crippen LogP contribution in [0.1, 0.15) is 27.7 Å². The lowest BCUT2D eigenvalue weighted by Crippen LogP contribution is -2.38. The van der Waals surface area contributed by atoms with E-state index < -0.39 is 0 Å². The molecule has 0 aliphatic carbocycles. The summed E-state index contributed by atoms with van der Waals surface area (Å²) in [7, 11) is 1.09. The number of hydrogen-bond donors (Lipinski definition) is 0. The maximum Gasteiger partial charge on any atom is 0.00414 e. The summed E-state index contributed by atoms with van der Waals surface area (Å²) in [6.07, 6.45) is 1.36. The van der Waals surface area contributed by atoms with Gasteiger partial charge in [0.15, 0.2) is 0 Å². The van der Waals surface area contributed by atoms with E-state index in [9.17, 15) is 0 Å². The van der Waals surface area contributed by atoms with Crippen LogP contribution in [0.3, 0.4) is 0 Å². The van der Waals surface area contributed by atoms with Crippen LogP contribution >= 0.6 is 8.58 Å². The van der Waals surface area contributed by atoms with Gasteiger partial charge in [-0.3, -0.25) is 4.90 Å². The van der Waals surface area contributed by atoms with Crippen LogP contribution in [0.4, 0.5) is 0 Å². The van der Waals surface area contributed by atoms with Gasteiger partial charge in [0.05, 0.1) is 0 Å². The lowest BCUT2D eigenvalue weighted by atomic mass is 10.2. The molecule has 11 heavy (non-hydrogen) atoms. The molecule has 0 rings (SSSR count). The van der Waals surface area contributed by atoms with E-state index in [0.717, 1.165) is 8.58 Å². The van der Waals surface area contributed by atoms with Crippen LogP contribution in [-0.2, 0) is 0 Å². The SMILES string of the molecule is CPCCN(C(C)C)C(C)C. The van der Waals surface area contributed by atoms with Gasteiger partial charge < -0.3 is 0 Å². The number of hydrogen-bond acceptors (Lipinski definition) is 1. The maximum absolute atomic E-state index is 2.55. The molecule has 1 atom stereocenters. The zero-order valence-electron chi connectivity index (χ0n) is 8.52. The highest BCUT2D eigenvalue weighted by atomic mass is 31.1. The van der Waals surface area contributed by atoms with Gasteiger partial charge in [-0.2, -0.15) is 0 Å².